The van der Waals surface area contributed by atoms with Crippen molar-refractivity contribution in [1.82, 2.24) is 9.47 Å². The fourth-order valence-corrected chi connectivity index (χ4v) is 3.70. The van der Waals surface area contributed by atoms with Crippen molar-refractivity contribution >= 4 is 23.3 Å². The maximum Gasteiger partial charge on any atom is 0.123 e. The number of fused-ring (bicyclic) bond motifs is 3. The first-order chi connectivity index (χ1) is 11.6. The minimum absolute atomic E-state index is 0. The normalized spacial score (nSPS) is 14.4. The van der Waals surface area contributed by atoms with Gasteiger partial charge in [-0.15, -0.1) is 12.4 Å². The van der Waals surface area contributed by atoms with E-state index in [1.165, 1.54) is 29.5 Å². The van der Waals surface area contributed by atoms with Gasteiger partial charge in [0.05, 0.1) is 0 Å². The van der Waals surface area contributed by atoms with E-state index in [1.807, 2.05) is 18.2 Å². The fourth-order valence-electron chi connectivity index (χ4n) is 3.70. The van der Waals surface area contributed by atoms with E-state index in [2.05, 4.69) is 16.5 Å². The Labute approximate surface area is 152 Å². The lowest BCUT2D eigenvalue weighted by Crippen LogP contribution is -2.27. The van der Waals surface area contributed by atoms with Crippen LogP contribution in [0.5, 0.6) is 0 Å². The molecule has 0 radical (unpaired) electrons. The average molecular weight is 363 g/mol. The Hall–Kier alpha value is -1.91. The van der Waals surface area contributed by atoms with Gasteiger partial charge in [-0.1, -0.05) is 12.1 Å². The lowest BCUT2D eigenvalue weighted by molar-refractivity contribution is 0.309. The number of halogens is 3. The highest BCUT2D eigenvalue weighted by atomic mass is 35.5. The van der Waals surface area contributed by atoms with Crippen molar-refractivity contribution in [2.24, 2.45) is 0 Å². The highest BCUT2D eigenvalue weighted by Crippen LogP contribution is 2.31. The summed E-state index contributed by atoms with van der Waals surface area (Å²) in [7, 11) is 2.10. The molecule has 1 aromatic heterocycles. The predicted octanol–water partition coefficient (Wildman–Crippen LogP) is 4.57. The Morgan fingerprint density at radius 1 is 1.00 bits per heavy atom. The molecule has 5 heteroatoms. The molecule has 25 heavy (non-hydrogen) atoms. The average Bonchev–Trinajstić information content (AvgIpc) is 2.87. The standard InChI is InChI=1S/C20H20F2N2.ClH/c1-23-10-9-20-18(13-23)17-12-16(22)6-7-19(17)24(20)11-8-14-2-4-15(21)5-3-14;/h2-7,12H,8-11,13H2,1H3;1H. The summed E-state index contributed by atoms with van der Waals surface area (Å²) >= 11 is 0. The summed E-state index contributed by atoms with van der Waals surface area (Å²) in [6, 6.07) is 11.7. The fraction of sp³-hybridized carbons (Fsp3) is 0.300. The summed E-state index contributed by atoms with van der Waals surface area (Å²) in [6.45, 7) is 2.70. The van der Waals surface area contributed by atoms with Gasteiger partial charge < -0.3 is 9.47 Å². The third-order valence-electron chi connectivity index (χ3n) is 4.94. The van der Waals surface area contributed by atoms with Gasteiger partial charge in [-0.2, -0.15) is 0 Å². The number of nitrogens with zero attached hydrogens (tertiary/aromatic N) is 2. The summed E-state index contributed by atoms with van der Waals surface area (Å²) in [4.78, 5) is 2.27. The first-order valence-electron chi connectivity index (χ1n) is 8.34. The highest BCUT2D eigenvalue weighted by Gasteiger charge is 2.22. The highest BCUT2D eigenvalue weighted by molar-refractivity contribution is 5.86. The van der Waals surface area contributed by atoms with Crippen LogP contribution in [0.1, 0.15) is 16.8 Å². The smallest absolute Gasteiger partial charge is 0.123 e. The molecule has 0 aliphatic carbocycles. The molecular formula is C20H21ClF2N2. The Bertz CT molecular complexity index is 887. The van der Waals surface area contributed by atoms with Crippen LogP contribution < -0.4 is 0 Å². The lowest BCUT2D eigenvalue weighted by atomic mass is 10.0. The molecule has 0 spiro atoms. The third kappa shape index (κ3) is 3.42. The molecule has 0 bridgehead atoms. The van der Waals surface area contributed by atoms with Gasteiger partial charge in [-0.25, -0.2) is 8.78 Å². The van der Waals surface area contributed by atoms with Gasteiger partial charge in [0.15, 0.2) is 0 Å². The molecule has 3 aromatic rings. The summed E-state index contributed by atoms with van der Waals surface area (Å²) in [5.74, 6) is -0.393. The summed E-state index contributed by atoms with van der Waals surface area (Å²) in [5, 5.41) is 1.02. The van der Waals surface area contributed by atoms with Crippen LogP contribution in [-0.2, 0) is 25.9 Å². The van der Waals surface area contributed by atoms with Crippen LogP contribution in [0.25, 0.3) is 10.9 Å². The van der Waals surface area contributed by atoms with Gasteiger partial charge in [0.2, 0.25) is 0 Å². The van der Waals surface area contributed by atoms with E-state index in [9.17, 15) is 8.78 Å². The van der Waals surface area contributed by atoms with Gasteiger partial charge >= 0.3 is 0 Å². The quantitative estimate of drug-likeness (QED) is 0.662. The molecule has 0 saturated heterocycles. The van der Waals surface area contributed by atoms with E-state index < -0.39 is 0 Å². The van der Waals surface area contributed by atoms with Crippen molar-refractivity contribution in [3.05, 3.63) is 70.9 Å². The molecule has 2 nitrogen and oxygen atoms in total. The Kier molecular flexibility index (Phi) is 5.11. The predicted molar refractivity (Wildman–Crippen MR) is 99.3 cm³/mol. The maximum absolute atomic E-state index is 13.7. The van der Waals surface area contributed by atoms with Crippen molar-refractivity contribution < 1.29 is 8.78 Å². The third-order valence-corrected chi connectivity index (χ3v) is 4.94. The molecule has 1 aliphatic heterocycles. The zero-order valence-electron chi connectivity index (χ0n) is 14.1. The number of likely N-dealkylation sites (N-methyl/N-ethyl adjacent to an activating group) is 1. The number of hydrogen-bond donors (Lipinski definition) is 0. The maximum atomic E-state index is 13.7. The van der Waals surface area contributed by atoms with Crippen molar-refractivity contribution in [2.75, 3.05) is 13.6 Å². The van der Waals surface area contributed by atoms with Crippen LogP contribution in [0.4, 0.5) is 8.78 Å². The van der Waals surface area contributed by atoms with Crippen LogP contribution >= 0.6 is 12.4 Å². The zero-order chi connectivity index (χ0) is 16.7. The van der Waals surface area contributed by atoms with E-state index in [0.717, 1.165) is 48.9 Å². The van der Waals surface area contributed by atoms with E-state index >= 15 is 0 Å². The van der Waals surface area contributed by atoms with Crippen molar-refractivity contribution in [3.63, 3.8) is 0 Å². The zero-order valence-corrected chi connectivity index (χ0v) is 15.0. The lowest BCUT2D eigenvalue weighted by Gasteiger charge is -2.24. The van der Waals surface area contributed by atoms with E-state index in [-0.39, 0.29) is 24.0 Å². The number of hydrogen-bond acceptors (Lipinski definition) is 1. The summed E-state index contributed by atoms with van der Waals surface area (Å²) in [5.41, 5.74) is 4.77. The van der Waals surface area contributed by atoms with Crippen LogP contribution in [0.3, 0.4) is 0 Å². The largest absolute Gasteiger partial charge is 0.344 e. The summed E-state index contributed by atoms with van der Waals surface area (Å²) < 4.78 is 29.1. The minimum atomic E-state index is -0.207. The Morgan fingerprint density at radius 2 is 1.72 bits per heavy atom. The number of aryl methyl sites for hydroxylation is 2. The summed E-state index contributed by atoms with van der Waals surface area (Å²) in [6.07, 6.45) is 1.81. The first kappa shape index (κ1) is 17.9. The van der Waals surface area contributed by atoms with Gasteiger partial charge in [-0.05, 0) is 54.9 Å². The molecular weight excluding hydrogens is 342 g/mol. The second-order valence-electron chi connectivity index (χ2n) is 6.60. The van der Waals surface area contributed by atoms with Crippen LogP contribution in [-0.4, -0.2) is 23.1 Å². The van der Waals surface area contributed by atoms with Gasteiger partial charge in [0, 0.05) is 42.7 Å². The van der Waals surface area contributed by atoms with Crippen LogP contribution in [0, 0.1) is 11.6 Å². The second kappa shape index (κ2) is 7.14. The Morgan fingerprint density at radius 3 is 2.48 bits per heavy atom. The van der Waals surface area contributed by atoms with Gasteiger partial charge in [-0.3, -0.25) is 0 Å². The van der Waals surface area contributed by atoms with Crippen molar-refractivity contribution in [1.29, 1.82) is 0 Å². The first-order valence-corrected chi connectivity index (χ1v) is 8.34. The minimum Gasteiger partial charge on any atom is -0.344 e. The van der Waals surface area contributed by atoms with E-state index in [4.69, 9.17) is 0 Å². The molecule has 0 unspecified atom stereocenters. The van der Waals surface area contributed by atoms with Gasteiger partial charge in [0.25, 0.3) is 0 Å². The van der Waals surface area contributed by atoms with Crippen molar-refractivity contribution in [3.8, 4) is 0 Å². The Balaban J connectivity index is 0.00000182. The molecule has 4 rings (SSSR count). The molecule has 0 amide bonds. The van der Waals surface area contributed by atoms with Gasteiger partial charge in [0.1, 0.15) is 11.6 Å². The molecule has 1 aliphatic rings. The number of benzene rings is 2. The molecule has 0 N–H and O–H groups in total. The number of aromatic nitrogens is 1. The molecule has 0 fully saturated rings. The second-order valence-corrected chi connectivity index (χ2v) is 6.60. The topological polar surface area (TPSA) is 8.17 Å². The molecule has 2 heterocycles. The van der Waals surface area contributed by atoms with E-state index in [0.29, 0.717) is 0 Å². The SMILES string of the molecule is CN1CCc2c(c3cc(F)ccc3n2CCc2ccc(F)cc2)C1.Cl. The van der Waals surface area contributed by atoms with Crippen LogP contribution in [0.2, 0.25) is 0 Å². The van der Waals surface area contributed by atoms with Crippen molar-refractivity contribution in [2.45, 2.75) is 25.9 Å². The number of rotatable bonds is 3. The molecule has 0 saturated carbocycles. The monoisotopic (exact) mass is 362 g/mol. The molecule has 0 atom stereocenters. The van der Waals surface area contributed by atoms with Crippen LogP contribution in [0.15, 0.2) is 42.5 Å². The molecule has 132 valence electrons. The van der Waals surface area contributed by atoms with E-state index in [1.54, 1.807) is 6.07 Å². The molecule has 2 aromatic carbocycles.